The number of anilines is 1. The maximum atomic E-state index is 5.99. The van der Waals surface area contributed by atoms with Crippen LogP contribution in [-0.4, -0.2) is 0 Å². The third kappa shape index (κ3) is 1.81. The first-order valence-corrected chi connectivity index (χ1v) is 6.46. The largest absolute Gasteiger partial charge is 0.397 e. The second kappa shape index (κ2) is 4.02. The third-order valence-corrected chi connectivity index (χ3v) is 4.06. The van der Waals surface area contributed by atoms with Gasteiger partial charge < -0.3 is 5.73 Å². The van der Waals surface area contributed by atoms with Crippen molar-refractivity contribution in [2.45, 2.75) is 0 Å². The molecule has 2 aromatic carbocycles. The van der Waals surface area contributed by atoms with Gasteiger partial charge in [-0.25, -0.2) is 0 Å². The number of hydrogen-bond acceptors (Lipinski definition) is 1. The van der Waals surface area contributed by atoms with Crippen molar-refractivity contribution in [2.75, 3.05) is 5.73 Å². The van der Waals surface area contributed by atoms with E-state index < -0.39 is 0 Å². The molecule has 0 spiro atoms. The summed E-state index contributed by atoms with van der Waals surface area (Å²) in [6.07, 6.45) is 0. The van der Waals surface area contributed by atoms with Crippen molar-refractivity contribution in [3.05, 3.63) is 36.4 Å². The molecule has 0 unspecified atom stereocenters. The minimum atomic E-state index is 0.724. The molecular formula is C10H6ClI2N. The molecule has 2 rings (SSSR count). The van der Waals surface area contributed by atoms with Crippen LogP contribution >= 0.6 is 56.8 Å². The Morgan fingerprint density at radius 1 is 1.00 bits per heavy atom. The van der Waals surface area contributed by atoms with Crippen molar-refractivity contribution in [3.63, 3.8) is 0 Å². The van der Waals surface area contributed by atoms with Gasteiger partial charge >= 0.3 is 0 Å². The Balaban J connectivity index is 2.95. The van der Waals surface area contributed by atoms with Crippen LogP contribution in [0.2, 0.25) is 5.02 Å². The molecule has 0 bridgehead atoms. The summed E-state index contributed by atoms with van der Waals surface area (Å²) in [7, 11) is 0. The topological polar surface area (TPSA) is 26.0 Å². The van der Waals surface area contributed by atoms with Crippen molar-refractivity contribution in [2.24, 2.45) is 0 Å². The zero-order valence-corrected chi connectivity index (χ0v) is 12.1. The third-order valence-electron chi connectivity index (χ3n) is 2.04. The number of halogens is 3. The van der Waals surface area contributed by atoms with Crippen molar-refractivity contribution in [1.82, 2.24) is 0 Å². The highest BCUT2D eigenvalue weighted by Gasteiger charge is 2.06. The van der Waals surface area contributed by atoms with Crippen molar-refractivity contribution >= 4 is 73.2 Å². The number of nitrogens with two attached hydrogens (primary N) is 1. The molecule has 72 valence electrons. The highest BCUT2D eigenvalue weighted by atomic mass is 127. The molecule has 0 saturated carbocycles. The van der Waals surface area contributed by atoms with Gasteiger partial charge in [0.2, 0.25) is 0 Å². The SMILES string of the molecule is Nc1c(I)cc(I)c2ccc(Cl)cc12. The molecular weight excluding hydrogens is 423 g/mol. The van der Waals surface area contributed by atoms with Crippen LogP contribution in [0.1, 0.15) is 0 Å². The molecule has 0 amide bonds. The Morgan fingerprint density at radius 2 is 1.71 bits per heavy atom. The van der Waals surface area contributed by atoms with Gasteiger partial charge in [-0.2, -0.15) is 0 Å². The summed E-state index contributed by atoms with van der Waals surface area (Å²) in [4.78, 5) is 0. The summed E-state index contributed by atoms with van der Waals surface area (Å²) >= 11 is 10.5. The van der Waals surface area contributed by atoms with E-state index in [2.05, 4.69) is 51.2 Å². The molecule has 0 fully saturated rings. The molecule has 4 heteroatoms. The minimum Gasteiger partial charge on any atom is -0.397 e. The van der Waals surface area contributed by atoms with Crippen LogP contribution in [0.25, 0.3) is 10.8 Å². The highest BCUT2D eigenvalue weighted by molar-refractivity contribution is 14.1. The first-order valence-electron chi connectivity index (χ1n) is 3.92. The van der Waals surface area contributed by atoms with Gasteiger partial charge in [0.1, 0.15) is 0 Å². The number of rotatable bonds is 0. The standard InChI is InChI=1S/C10H6ClI2N/c11-5-1-2-6-7(3-5)10(14)9(13)4-8(6)12/h1-4H,14H2. The Kier molecular flexibility index (Phi) is 3.09. The molecule has 0 aromatic heterocycles. The second-order valence-electron chi connectivity index (χ2n) is 2.94. The summed E-state index contributed by atoms with van der Waals surface area (Å²) in [5.74, 6) is 0. The zero-order chi connectivity index (χ0) is 10.3. The van der Waals surface area contributed by atoms with Crippen LogP contribution in [0.4, 0.5) is 5.69 Å². The van der Waals surface area contributed by atoms with Gasteiger partial charge in [0.15, 0.2) is 0 Å². The Hall–Kier alpha value is 0.250. The van der Waals surface area contributed by atoms with E-state index in [0.29, 0.717) is 0 Å². The van der Waals surface area contributed by atoms with Crippen molar-refractivity contribution in [3.8, 4) is 0 Å². The van der Waals surface area contributed by atoms with Gasteiger partial charge in [-0.1, -0.05) is 17.7 Å². The summed E-state index contributed by atoms with van der Waals surface area (Å²) < 4.78 is 2.27. The summed E-state index contributed by atoms with van der Waals surface area (Å²) in [6, 6.07) is 7.88. The average Bonchev–Trinajstić information content (AvgIpc) is 2.14. The molecule has 14 heavy (non-hydrogen) atoms. The van der Waals surface area contributed by atoms with Gasteiger partial charge in [0.25, 0.3) is 0 Å². The van der Waals surface area contributed by atoms with Crippen LogP contribution in [0, 0.1) is 7.14 Å². The van der Waals surface area contributed by atoms with Crippen LogP contribution in [-0.2, 0) is 0 Å². The Morgan fingerprint density at radius 3 is 2.43 bits per heavy atom. The maximum Gasteiger partial charge on any atom is 0.0530 e. The van der Waals surface area contributed by atoms with Crippen LogP contribution < -0.4 is 5.73 Å². The van der Waals surface area contributed by atoms with E-state index in [1.807, 2.05) is 18.2 Å². The number of nitrogen functional groups attached to an aromatic ring is 1. The molecule has 1 nitrogen and oxygen atoms in total. The second-order valence-corrected chi connectivity index (χ2v) is 5.70. The molecule has 0 aliphatic heterocycles. The lowest BCUT2D eigenvalue weighted by molar-refractivity contribution is 1.64. The van der Waals surface area contributed by atoms with Gasteiger partial charge in [0, 0.05) is 17.5 Å². The highest BCUT2D eigenvalue weighted by Crippen LogP contribution is 2.32. The molecule has 0 aliphatic carbocycles. The van der Waals surface area contributed by atoms with E-state index in [-0.39, 0.29) is 0 Å². The average molecular weight is 429 g/mol. The summed E-state index contributed by atoms with van der Waals surface area (Å²) in [5.41, 5.74) is 6.80. The van der Waals surface area contributed by atoms with Gasteiger partial charge in [-0.3, -0.25) is 0 Å². The van der Waals surface area contributed by atoms with Gasteiger partial charge in [-0.15, -0.1) is 0 Å². The molecule has 0 atom stereocenters. The van der Waals surface area contributed by atoms with E-state index in [4.69, 9.17) is 17.3 Å². The number of fused-ring (bicyclic) bond motifs is 1. The van der Waals surface area contributed by atoms with Crippen LogP contribution in [0.3, 0.4) is 0 Å². The van der Waals surface area contributed by atoms with E-state index >= 15 is 0 Å². The lowest BCUT2D eigenvalue weighted by Gasteiger charge is -2.07. The smallest absolute Gasteiger partial charge is 0.0530 e. The molecule has 0 heterocycles. The Bertz CT molecular complexity index is 511. The van der Waals surface area contributed by atoms with E-state index in [1.54, 1.807) is 0 Å². The van der Waals surface area contributed by atoms with Gasteiger partial charge in [-0.05, 0) is 68.8 Å². The predicted octanol–water partition coefficient (Wildman–Crippen LogP) is 4.28. The first-order chi connectivity index (χ1) is 6.59. The fourth-order valence-corrected chi connectivity index (χ4v) is 3.49. The predicted molar refractivity (Wildman–Crippen MR) is 78.8 cm³/mol. The molecule has 0 saturated heterocycles. The maximum absolute atomic E-state index is 5.99. The lowest BCUT2D eigenvalue weighted by Crippen LogP contribution is -1.93. The van der Waals surface area contributed by atoms with E-state index in [0.717, 1.165) is 25.1 Å². The summed E-state index contributed by atoms with van der Waals surface area (Å²) in [6.45, 7) is 0. The van der Waals surface area contributed by atoms with E-state index in [1.165, 1.54) is 3.57 Å². The first kappa shape index (κ1) is 10.8. The van der Waals surface area contributed by atoms with Crippen LogP contribution in [0.5, 0.6) is 0 Å². The quantitative estimate of drug-likeness (QED) is 0.491. The van der Waals surface area contributed by atoms with Crippen LogP contribution in [0.15, 0.2) is 24.3 Å². The van der Waals surface area contributed by atoms with E-state index in [9.17, 15) is 0 Å². The fourth-order valence-electron chi connectivity index (χ4n) is 1.34. The Labute approximate surface area is 114 Å². The summed E-state index contributed by atoms with van der Waals surface area (Å²) in [5, 5.41) is 2.92. The minimum absolute atomic E-state index is 0.724. The number of benzene rings is 2. The zero-order valence-electron chi connectivity index (χ0n) is 7.02. The molecule has 2 aromatic rings. The monoisotopic (exact) mass is 429 g/mol. The van der Waals surface area contributed by atoms with Crippen molar-refractivity contribution < 1.29 is 0 Å². The van der Waals surface area contributed by atoms with Gasteiger partial charge in [0.05, 0.1) is 5.69 Å². The normalized spacial score (nSPS) is 10.8. The molecule has 2 N–H and O–H groups in total. The lowest BCUT2D eigenvalue weighted by atomic mass is 10.1. The molecule has 0 radical (unpaired) electrons. The molecule has 0 aliphatic rings. The number of hydrogen-bond donors (Lipinski definition) is 1. The van der Waals surface area contributed by atoms with Crippen molar-refractivity contribution in [1.29, 1.82) is 0 Å². The fraction of sp³-hybridized carbons (Fsp3) is 0.